The van der Waals surface area contributed by atoms with Crippen molar-refractivity contribution in [2.24, 2.45) is 13.0 Å². The molecule has 0 saturated heterocycles. The van der Waals surface area contributed by atoms with Gasteiger partial charge in [-0.2, -0.15) is 0 Å². The first-order valence-electron chi connectivity index (χ1n) is 6.56. The van der Waals surface area contributed by atoms with Crippen LogP contribution < -0.4 is 10.9 Å². The monoisotopic (exact) mass is 308 g/mol. The number of aliphatic hydroxyl groups excluding tert-OH is 1. The summed E-state index contributed by atoms with van der Waals surface area (Å²) in [6.07, 6.45) is 6.98. The molecule has 21 heavy (non-hydrogen) atoms. The molecule has 0 spiro atoms. The Labute approximate surface area is 127 Å². The minimum Gasteiger partial charge on any atom is -0.396 e. The molecule has 0 saturated carbocycles. The molecule has 2 aromatic heterocycles. The largest absolute Gasteiger partial charge is 0.396 e. The second kappa shape index (κ2) is 7.19. The quantitative estimate of drug-likeness (QED) is 0.835. The molecule has 6 nitrogen and oxygen atoms in total. The lowest BCUT2D eigenvalue weighted by Crippen LogP contribution is -2.27. The van der Waals surface area contributed by atoms with E-state index in [1.165, 1.54) is 4.57 Å². The van der Waals surface area contributed by atoms with Gasteiger partial charge in [-0.3, -0.25) is 9.78 Å². The van der Waals surface area contributed by atoms with Crippen molar-refractivity contribution in [2.45, 2.75) is 6.42 Å². The number of rotatable bonds is 6. The zero-order valence-electron chi connectivity index (χ0n) is 11.7. The lowest BCUT2D eigenvalue weighted by molar-refractivity contribution is 0.232. The van der Waals surface area contributed by atoms with Gasteiger partial charge >= 0.3 is 0 Å². The topological polar surface area (TPSA) is 80.0 Å². The summed E-state index contributed by atoms with van der Waals surface area (Å²) in [5.41, 5.74) is 0.720. The lowest BCUT2D eigenvalue weighted by atomic mass is 10.0. The van der Waals surface area contributed by atoms with Gasteiger partial charge in [-0.1, -0.05) is 11.6 Å². The molecule has 7 heteroatoms. The van der Waals surface area contributed by atoms with E-state index in [2.05, 4.69) is 15.3 Å². The minimum absolute atomic E-state index is 0.0151. The molecule has 0 radical (unpaired) electrons. The SMILES string of the molecule is Cn1ccnc(NCC(CO)Cc2ccncc2Cl)c1=O. The van der Waals surface area contributed by atoms with Crippen molar-refractivity contribution in [3.05, 3.63) is 51.8 Å². The molecule has 0 aromatic carbocycles. The number of nitrogens with one attached hydrogen (secondary N) is 1. The molecule has 2 rings (SSSR count). The Morgan fingerprint density at radius 1 is 1.48 bits per heavy atom. The average Bonchev–Trinajstić information content (AvgIpc) is 2.49. The summed E-state index contributed by atoms with van der Waals surface area (Å²) < 4.78 is 1.45. The maximum Gasteiger partial charge on any atom is 0.293 e. The Hall–Kier alpha value is -1.92. The van der Waals surface area contributed by atoms with Crippen molar-refractivity contribution < 1.29 is 5.11 Å². The van der Waals surface area contributed by atoms with Crippen LogP contribution in [0.2, 0.25) is 5.02 Å². The van der Waals surface area contributed by atoms with Crippen molar-refractivity contribution in [3.8, 4) is 0 Å². The zero-order valence-corrected chi connectivity index (χ0v) is 12.4. The molecule has 1 atom stereocenters. The van der Waals surface area contributed by atoms with Gasteiger partial charge in [0, 0.05) is 50.9 Å². The second-order valence-electron chi connectivity index (χ2n) is 4.79. The van der Waals surface area contributed by atoms with Crippen LogP contribution in [0.25, 0.3) is 0 Å². The predicted molar refractivity (Wildman–Crippen MR) is 81.5 cm³/mol. The molecule has 0 aliphatic carbocycles. The molecule has 0 bridgehead atoms. The summed E-state index contributed by atoms with van der Waals surface area (Å²) in [4.78, 5) is 19.8. The average molecular weight is 309 g/mol. The maximum absolute atomic E-state index is 11.8. The predicted octanol–water partition coefficient (Wildman–Crippen LogP) is 1.09. The van der Waals surface area contributed by atoms with E-state index in [4.69, 9.17) is 11.6 Å². The molecular formula is C14H17ClN4O2. The van der Waals surface area contributed by atoms with Crippen molar-refractivity contribution >= 4 is 17.4 Å². The minimum atomic E-state index is -0.198. The number of nitrogens with zero attached hydrogens (tertiary/aromatic N) is 3. The van der Waals surface area contributed by atoms with Gasteiger partial charge in [-0.15, -0.1) is 0 Å². The number of halogens is 1. The van der Waals surface area contributed by atoms with Crippen LogP contribution >= 0.6 is 11.6 Å². The standard InChI is InChI=1S/C14H17ClN4O2/c1-19-5-4-17-13(14(19)21)18-7-10(9-20)6-11-2-3-16-8-12(11)15/h2-5,8,10,20H,6-7,9H2,1H3,(H,17,18). The summed E-state index contributed by atoms with van der Waals surface area (Å²) in [5, 5.41) is 13.0. The number of aromatic nitrogens is 3. The van der Waals surface area contributed by atoms with Crippen LogP contribution in [-0.2, 0) is 13.5 Å². The number of pyridine rings is 1. The molecule has 0 fully saturated rings. The van der Waals surface area contributed by atoms with Crippen molar-refractivity contribution in [2.75, 3.05) is 18.5 Å². The van der Waals surface area contributed by atoms with E-state index in [0.717, 1.165) is 5.56 Å². The summed E-state index contributed by atoms with van der Waals surface area (Å²) in [6.45, 7) is 0.417. The molecule has 0 aliphatic rings. The van der Waals surface area contributed by atoms with Crippen LogP contribution in [0.3, 0.4) is 0 Å². The summed E-state index contributed by atoms with van der Waals surface area (Å²) in [6, 6.07) is 1.82. The Morgan fingerprint density at radius 2 is 2.29 bits per heavy atom. The molecule has 2 aromatic rings. The highest BCUT2D eigenvalue weighted by Crippen LogP contribution is 2.17. The van der Waals surface area contributed by atoms with Gasteiger partial charge in [0.25, 0.3) is 5.56 Å². The van der Waals surface area contributed by atoms with Gasteiger partial charge in [-0.25, -0.2) is 4.98 Å². The molecule has 1 unspecified atom stereocenters. The highest BCUT2D eigenvalue weighted by Gasteiger charge is 2.12. The molecule has 0 amide bonds. The first-order valence-corrected chi connectivity index (χ1v) is 6.94. The number of aryl methyl sites for hydroxylation is 1. The van der Waals surface area contributed by atoms with Crippen molar-refractivity contribution in [3.63, 3.8) is 0 Å². The van der Waals surface area contributed by atoms with Gasteiger partial charge in [0.15, 0.2) is 5.82 Å². The number of hydrogen-bond donors (Lipinski definition) is 2. The van der Waals surface area contributed by atoms with Gasteiger partial charge in [0.05, 0.1) is 5.02 Å². The van der Waals surface area contributed by atoms with Crippen LogP contribution in [0, 0.1) is 5.92 Å². The first kappa shape index (κ1) is 15.5. The van der Waals surface area contributed by atoms with Gasteiger partial charge in [-0.05, 0) is 18.1 Å². The summed E-state index contributed by atoms with van der Waals surface area (Å²) >= 11 is 6.06. The lowest BCUT2D eigenvalue weighted by Gasteiger charge is -2.16. The third-order valence-corrected chi connectivity index (χ3v) is 3.54. The van der Waals surface area contributed by atoms with E-state index < -0.39 is 0 Å². The third kappa shape index (κ3) is 4.03. The highest BCUT2D eigenvalue weighted by molar-refractivity contribution is 6.31. The highest BCUT2D eigenvalue weighted by atomic mass is 35.5. The van der Waals surface area contributed by atoms with Crippen LogP contribution in [0.15, 0.2) is 35.6 Å². The van der Waals surface area contributed by atoms with Crippen LogP contribution in [0.5, 0.6) is 0 Å². The van der Waals surface area contributed by atoms with Crippen LogP contribution in [-0.4, -0.2) is 32.8 Å². The molecule has 112 valence electrons. The van der Waals surface area contributed by atoms with Crippen LogP contribution in [0.1, 0.15) is 5.56 Å². The van der Waals surface area contributed by atoms with Crippen LogP contribution in [0.4, 0.5) is 5.82 Å². The van der Waals surface area contributed by atoms with E-state index in [-0.39, 0.29) is 23.9 Å². The number of hydrogen-bond acceptors (Lipinski definition) is 5. The van der Waals surface area contributed by atoms with E-state index in [0.29, 0.717) is 18.0 Å². The molecule has 2 N–H and O–H groups in total. The summed E-state index contributed by atoms with van der Waals surface area (Å²) in [5.74, 6) is 0.205. The Morgan fingerprint density at radius 3 is 3.00 bits per heavy atom. The Balaban J connectivity index is 2.02. The van der Waals surface area contributed by atoms with E-state index >= 15 is 0 Å². The Kier molecular flexibility index (Phi) is 5.30. The number of anilines is 1. The normalized spacial score (nSPS) is 12.1. The third-order valence-electron chi connectivity index (χ3n) is 3.20. The maximum atomic E-state index is 11.8. The fourth-order valence-corrected chi connectivity index (χ4v) is 2.14. The van der Waals surface area contributed by atoms with Gasteiger partial charge in [0.2, 0.25) is 0 Å². The fraction of sp³-hybridized carbons (Fsp3) is 0.357. The zero-order chi connectivity index (χ0) is 15.2. The summed E-state index contributed by atoms with van der Waals surface area (Å²) in [7, 11) is 1.66. The molecular weight excluding hydrogens is 292 g/mol. The number of aliphatic hydroxyl groups is 1. The van der Waals surface area contributed by atoms with Gasteiger partial charge < -0.3 is 15.0 Å². The van der Waals surface area contributed by atoms with E-state index in [9.17, 15) is 9.90 Å². The first-order chi connectivity index (χ1) is 10.1. The van der Waals surface area contributed by atoms with Crippen molar-refractivity contribution in [1.82, 2.24) is 14.5 Å². The van der Waals surface area contributed by atoms with E-state index in [1.54, 1.807) is 31.8 Å². The second-order valence-corrected chi connectivity index (χ2v) is 5.20. The van der Waals surface area contributed by atoms with Gasteiger partial charge in [0.1, 0.15) is 0 Å². The molecule has 2 heterocycles. The smallest absolute Gasteiger partial charge is 0.293 e. The van der Waals surface area contributed by atoms with E-state index in [1.807, 2.05) is 6.07 Å². The molecule has 0 aliphatic heterocycles. The van der Waals surface area contributed by atoms with Crippen molar-refractivity contribution in [1.29, 1.82) is 0 Å². The Bertz CT molecular complexity index is 659. The fourth-order valence-electron chi connectivity index (χ4n) is 1.94.